The summed E-state index contributed by atoms with van der Waals surface area (Å²) < 4.78 is 1.10. The first kappa shape index (κ1) is 14.0. The van der Waals surface area contributed by atoms with Gasteiger partial charge in [-0.15, -0.1) is 0 Å². The van der Waals surface area contributed by atoms with Gasteiger partial charge in [-0.05, 0) is 11.5 Å². The summed E-state index contributed by atoms with van der Waals surface area (Å²) in [4.78, 5) is 0. The number of hydrogen-bond donors (Lipinski definition) is 0. The van der Waals surface area contributed by atoms with E-state index >= 15 is 0 Å². The molecule has 0 bridgehead atoms. The predicted molar refractivity (Wildman–Crippen MR) is 51.5 cm³/mol. The van der Waals surface area contributed by atoms with E-state index in [9.17, 15) is 0 Å². The van der Waals surface area contributed by atoms with Crippen LogP contribution in [-0.2, 0) is 0 Å². The summed E-state index contributed by atoms with van der Waals surface area (Å²) in [5, 5.41) is 0.630. The Kier molecular flexibility index (Phi) is 5.71. The van der Waals surface area contributed by atoms with E-state index in [4.69, 9.17) is 0 Å². The normalized spacial score (nSPS) is 12.8. The molecular weight excluding hydrogens is 174 g/mol. The zero-order chi connectivity index (χ0) is 8.41. The van der Waals surface area contributed by atoms with Crippen molar-refractivity contribution in [1.29, 1.82) is 0 Å². The Bertz CT molecular complexity index is 87.6. The Morgan fingerprint density at radius 1 is 1.18 bits per heavy atom. The van der Waals surface area contributed by atoms with Crippen LogP contribution in [0.5, 0.6) is 0 Å². The molecule has 11 heavy (non-hydrogen) atoms. The second-order valence-electron chi connectivity index (χ2n) is 5.32. The maximum absolute atomic E-state index is 2.36. The van der Waals surface area contributed by atoms with Crippen molar-refractivity contribution in [3.63, 3.8) is 0 Å². The lowest BCUT2D eigenvalue weighted by Crippen LogP contribution is -3.00. The average Bonchev–Trinajstić information content (AvgIpc) is 1.57. The standard InChI is InChI=1S/C8H22NSi.ClH/c1-8(2,10)6-7-9(3,4)5;/h6-7H2,1-5,10H3;1H/q+1;/p-1. The zero-order valence-electron chi connectivity index (χ0n) is 8.74. The Morgan fingerprint density at radius 2 is 1.55 bits per heavy atom. The van der Waals surface area contributed by atoms with Crippen LogP contribution in [0.15, 0.2) is 0 Å². The van der Waals surface area contributed by atoms with Gasteiger partial charge in [0.2, 0.25) is 0 Å². The Morgan fingerprint density at radius 3 is 1.64 bits per heavy atom. The fourth-order valence-electron chi connectivity index (χ4n) is 0.671. The minimum Gasteiger partial charge on any atom is -1.00 e. The van der Waals surface area contributed by atoms with Gasteiger partial charge in [0.05, 0.1) is 27.7 Å². The molecule has 0 amide bonds. The fraction of sp³-hybridized carbons (Fsp3) is 1.00. The molecule has 1 nitrogen and oxygen atoms in total. The van der Waals surface area contributed by atoms with Gasteiger partial charge in [0.15, 0.2) is 0 Å². The van der Waals surface area contributed by atoms with Crippen molar-refractivity contribution in [1.82, 2.24) is 0 Å². The molecule has 0 aliphatic rings. The molecule has 0 aliphatic carbocycles. The van der Waals surface area contributed by atoms with E-state index in [2.05, 4.69) is 35.0 Å². The Balaban J connectivity index is 0. The smallest absolute Gasteiger partial charge is 0.0782 e. The van der Waals surface area contributed by atoms with E-state index in [0.29, 0.717) is 5.04 Å². The van der Waals surface area contributed by atoms with Crippen molar-refractivity contribution in [3.05, 3.63) is 0 Å². The van der Waals surface area contributed by atoms with Crippen LogP contribution in [0.4, 0.5) is 0 Å². The maximum atomic E-state index is 2.36. The van der Waals surface area contributed by atoms with Crippen LogP contribution in [-0.4, -0.2) is 42.4 Å². The molecule has 0 aromatic heterocycles. The van der Waals surface area contributed by atoms with Gasteiger partial charge in [-0.1, -0.05) is 13.8 Å². The first-order valence-electron chi connectivity index (χ1n) is 4.01. The van der Waals surface area contributed by atoms with E-state index in [1.54, 1.807) is 0 Å². The molecule has 0 spiro atoms. The highest BCUT2D eigenvalue weighted by Crippen LogP contribution is 2.23. The highest BCUT2D eigenvalue weighted by atomic mass is 35.5. The molecule has 0 aromatic carbocycles. The minimum absolute atomic E-state index is 0. The van der Waals surface area contributed by atoms with Crippen LogP contribution in [0.3, 0.4) is 0 Å². The summed E-state index contributed by atoms with van der Waals surface area (Å²) in [6.07, 6.45) is 1.36. The second-order valence-corrected chi connectivity index (χ2v) is 8.03. The molecule has 0 unspecified atom stereocenters. The molecule has 0 radical (unpaired) electrons. The SMILES string of the molecule is CC(C)([SiH3])CC[N+](C)(C)C.[Cl-]. The first-order valence-corrected chi connectivity index (χ1v) is 5.01. The molecule has 0 aromatic rings. The van der Waals surface area contributed by atoms with Gasteiger partial charge in [0, 0.05) is 10.2 Å². The van der Waals surface area contributed by atoms with E-state index in [0.717, 1.165) is 4.48 Å². The third-order valence-electron chi connectivity index (χ3n) is 1.53. The van der Waals surface area contributed by atoms with Gasteiger partial charge in [-0.3, -0.25) is 0 Å². The lowest BCUT2D eigenvalue weighted by molar-refractivity contribution is -0.870. The molecule has 0 rings (SSSR count). The van der Waals surface area contributed by atoms with Crippen LogP contribution in [0, 0.1) is 0 Å². The molecule has 0 atom stereocenters. The fourth-order valence-corrected chi connectivity index (χ4v) is 0.894. The summed E-state index contributed by atoms with van der Waals surface area (Å²) in [5.41, 5.74) is 0. The third-order valence-corrected chi connectivity index (χ3v) is 2.03. The largest absolute Gasteiger partial charge is 1.00 e. The van der Waals surface area contributed by atoms with Crippen molar-refractivity contribution in [3.8, 4) is 0 Å². The van der Waals surface area contributed by atoms with Crippen LogP contribution in [0.2, 0.25) is 5.04 Å². The lowest BCUT2D eigenvalue weighted by Gasteiger charge is -2.28. The highest BCUT2D eigenvalue weighted by Gasteiger charge is 2.15. The van der Waals surface area contributed by atoms with Gasteiger partial charge in [-0.2, -0.15) is 0 Å². The molecule has 0 heterocycles. The number of hydrogen-bond acceptors (Lipinski definition) is 0. The van der Waals surface area contributed by atoms with Gasteiger partial charge in [-0.25, -0.2) is 0 Å². The van der Waals surface area contributed by atoms with E-state index in [1.165, 1.54) is 23.2 Å². The van der Waals surface area contributed by atoms with E-state index < -0.39 is 0 Å². The summed E-state index contributed by atoms with van der Waals surface area (Å²) in [5.74, 6) is 0. The van der Waals surface area contributed by atoms with Crippen molar-refractivity contribution in [2.75, 3.05) is 27.7 Å². The quantitative estimate of drug-likeness (QED) is 0.350. The average molecular weight is 196 g/mol. The lowest BCUT2D eigenvalue weighted by atomic mass is 10.1. The maximum Gasteiger partial charge on any atom is 0.0782 e. The molecule has 0 saturated heterocycles. The van der Waals surface area contributed by atoms with Gasteiger partial charge < -0.3 is 16.9 Å². The monoisotopic (exact) mass is 195 g/mol. The topological polar surface area (TPSA) is 0 Å². The predicted octanol–water partition coefficient (Wildman–Crippen LogP) is -2.35. The molecule has 0 saturated carbocycles. The second kappa shape index (κ2) is 4.48. The third kappa shape index (κ3) is 13.5. The number of nitrogens with zero attached hydrogens (tertiary/aromatic N) is 1. The first-order chi connectivity index (χ1) is 4.21. The van der Waals surface area contributed by atoms with Crippen LogP contribution < -0.4 is 12.4 Å². The van der Waals surface area contributed by atoms with Crippen molar-refractivity contribution < 1.29 is 16.9 Å². The number of rotatable bonds is 3. The molecule has 0 N–H and O–H groups in total. The summed E-state index contributed by atoms with van der Waals surface area (Å²) in [6, 6.07) is 0. The molecule has 0 aliphatic heterocycles. The Labute approximate surface area is 80.6 Å². The van der Waals surface area contributed by atoms with Crippen molar-refractivity contribution >= 4 is 10.2 Å². The summed E-state index contributed by atoms with van der Waals surface area (Å²) in [6.45, 7) is 6.01. The molecule has 70 valence electrons. The Hall–Kier alpha value is 0.467. The van der Waals surface area contributed by atoms with E-state index in [1.807, 2.05) is 0 Å². The summed E-state index contributed by atoms with van der Waals surface area (Å²) in [7, 11) is 8.08. The number of quaternary nitrogens is 1. The summed E-state index contributed by atoms with van der Waals surface area (Å²) >= 11 is 0. The zero-order valence-corrected chi connectivity index (χ0v) is 11.5. The van der Waals surface area contributed by atoms with Gasteiger partial charge in [0.25, 0.3) is 0 Å². The van der Waals surface area contributed by atoms with Crippen molar-refractivity contribution in [2.24, 2.45) is 0 Å². The van der Waals surface area contributed by atoms with Gasteiger partial charge >= 0.3 is 0 Å². The highest BCUT2D eigenvalue weighted by molar-refractivity contribution is 6.14. The molecular formula is C8H22ClNSi. The number of halogens is 1. The van der Waals surface area contributed by atoms with Gasteiger partial charge in [0.1, 0.15) is 0 Å². The van der Waals surface area contributed by atoms with Crippen LogP contribution in [0.25, 0.3) is 0 Å². The van der Waals surface area contributed by atoms with E-state index in [-0.39, 0.29) is 12.4 Å². The van der Waals surface area contributed by atoms with Crippen LogP contribution in [0.1, 0.15) is 20.3 Å². The molecule has 0 fully saturated rings. The van der Waals surface area contributed by atoms with Crippen molar-refractivity contribution in [2.45, 2.75) is 25.3 Å². The molecule has 3 heteroatoms. The van der Waals surface area contributed by atoms with Crippen LogP contribution >= 0.6 is 0 Å². The minimum atomic E-state index is 0.